The van der Waals surface area contributed by atoms with E-state index in [-0.39, 0.29) is 25.1 Å². The highest BCUT2D eigenvalue weighted by Gasteiger charge is 2.44. The summed E-state index contributed by atoms with van der Waals surface area (Å²) in [6.45, 7) is 2.12. The number of esters is 1. The van der Waals surface area contributed by atoms with Crippen LogP contribution in [0.5, 0.6) is 11.5 Å². The summed E-state index contributed by atoms with van der Waals surface area (Å²) in [6, 6.07) is 14.3. The third-order valence-corrected chi connectivity index (χ3v) is 5.99. The minimum atomic E-state index is -0.663. The van der Waals surface area contributed by atoms with Gasteiger partial charge >= 0.3 is 5.97 Å². The molecule has 2 aromatic rings. The molecule has 0 unspecified atom stereocenters. The van der Waals surface area contributed by atoms with Crippen molar-refractivity contribution in [1.82, 2.24) is 4.90 Å². The molecular formula is C22H18N2O5S. The fourth-order valence-corrected chi connectivity index (χ4v) is 4.65. The van der Waals surface area contributed by atoms with E-state index in [9.17, 15) is 9.59 Å². The predicted octanol–water partition coefficient (Wildman–Crippen LogP) is 3.38. The second-order valence-corrected chi connectivity index (χ2v) is 7.75. The fraction of sp³-hybridized carbons (Fsp3) is 0.227. The molecule has 8 heteroatoms. The Balaban J connectivity index is 1.73. The maximum Gasteiger partial charge on any atom is 0.338 e. The average molecular weight is 422 g/mol. The van der Waals surface area contributed by atoms with E-state index in [1.165, 1.54) is 11.8 Å². The maximum absolute atomic E-state index is 13.1. The number of hydrogen-bond donors (Lipinski definition) is 0. The van der Waals surface area contributed by atoms with Gasteiger partial charge in [0.1, 0.15) is 0 Å². The average Bonchev–Trinajstić information content (AvgIpc) is 3.39. The van der Waals surface area contributed by atoms with Crippen LogP contribution in [-0.2, 0) is 14.3 Å². The first-order valence-electron chi connectivity index (χ1n) is 9.57. The number of benzene rings is 2. The molecule has 0 bridgehead atoms. The third-order valence-electron chi connectivity index (χ3n) is 5.05. The van der Waals surface area contributed by atoms with Crippen LogP contribution in [0.15, 0.2) is 59.1 Å². The van der Waals surface area contributed by atoms with Gasteiger partial charge in [-0.1, -0.05) is 48.2 Å². The highest BCUT2D eigenvalue weighted by molar-refractivity contribution is 8.15. The second kappa shape index (κ2) is 7.53. The van der Waals surface area contributed by atoms with Gasteiger partial charge in [0.05, 0.1) is 29.7 Å². The number of aliphatic imine (C=N–C) groups is 1. The van der Waals surface area contributed by atoms with Crippen LogP contribution >= 0.6 is 11.8 Å². The molecule has 3 heterocycles. The third kappa shape index (κ3) is 3.04. The first-order chi connectivity index (χ1) is 14.7. The van der Waals surface area contributed by atoms with Gasteiger partial charge in [-0.15, -0.1) is 0 Å². The monoisotopic (exact) mass is 422 g/mol. The molecule has 1 saturated heterocycles. The number of fused-ring (bicyclic) bond motifs is 2. The van der Waals surface area contributed by atoms with Crippen LogP contribution in [0.4, 0.5) is 0 Å². The zero-order valence-corrected chi connectivity index (χ0v) is 17.0. The largest absolute Gasteiger partial charge is 0.463 e. The molecule has 1 atom stereocenters. The highest BCUT2D eigenvalue weighted by Crippen LogP contribution is 2.45. The molecule has 1 amide bonds. The molecule has 0 aliphatic carbocycles. The molecular weight excluding hydrogens is 404 g/mol. The Morgan fingerprint density at radius 3 is 2.80 bits per heavy atom. The summed E-state index contributed by atoms with van der Waals surface area (Å²) in [7, 11) is 0. The van der Waals surface area contributed by atoms with Gasteiger partial charge in [-0.2, -0.15) is 0 Å². The minimum absolute atomic E-state index is 0.102. The van der Waals surface area contributed by atoms with Crippen molar-refractivity contribution in [3.63, 3.8) is 0 Å². The zero-order valence-electron chi connectivity index (χ0n) is 16.2. The lowest BCUT2D eigenvalue weighted by molar-refractivity contribution is -0.139. The van der Waals surface area contributed by atoms with E-state index in [0.717, 1.165) is 11.1 Å². The van der Waals surface area contributed by atoms with Gasteiger partial charge in [0.25, 0.3) is 0 Å². The Bertz CT molecular complexity index is 1100. The van der Waals surface area contributed by atoms with Crippen molar-refractivity contribution in [1.29, 1.82) is 0 Å². The summed E-state index contributed by atoms with van der Waals surface area (Å²) in [4.78, 5) is 32.2. The highest BCUT2D eigenvalue weighted by atomic mass is 32.2. The summed E-state index contributed by atoms with van der Waals surface area (Å²) in [6.07, 6.45) is 0. The number of carbonyl (C=O) groups is 2. The lowest BCUT2D eigenvalue weighted by Crippen LogP contribution is -2.39. The SMILES string of the molecule is CCOC(=O)C1=C(c2ccccc2)N=C2SCC(=O)N2[C@H]1c1ccc2c(c1)OCO2. The van der Waals surface area contributed by atoms with Crippen molar-refractivity contribution >= 4 is 34.5 Å². The van der Waals surface area contributed by atoms with E-state index in [1.807, 2.05) is 42.5 Å². The van der Waals surface area contributed by atoms with Gasteiger partial charge in [-0.05, 0) is 24.6 Å². The Kier molecular flexibility index (Phi) is 4.71. The quantitative estimate of drug-likeness (QED) is 0.703. The molecule has 152 valence electrons. The van der Waals surface area contributed by atoms with E-state index in [2.05, 4.69) is 0 Å². The van der Waals surface area contributed by atoms with Crippen LogP contribution in [-0.4, -0.2) is 41.1 Å². The van der Waals surface area contributed by atoms with Crippen LogP contribution in [0.2, 0.25) is 0 Å². The summed E-state index contributed by atoms with van der Waals surface area (Å²) < 4.78 is 16.3. The van der Waals surface area contributed by atoms with Crippen molar-refractivity contribution in [3.8, 4) is 11.5 Å². The lowest BCUT2D eigenvalue weighted by atomic mass is 9.91. The van der Waals surface area contributed by atoms with E-state index in [1.54, 1.807) is 17.9 Å². The molecule has 3 aliphatic heterocycles. The van der Waals surface area contributed by atoms with Crippen molar-refractivity contribution in [3.05, 3.63) is 65.2 Å². The number of carbonyl (C=O) groups excluding carboxylic acids is 2. The van der Waals surface area contributed by atoms with Crippen molar-refractivity contribution in [2.75, 3.05) is 19.2 Å². The molecule has 1 fully saturated rings. The lowest BCUT2D eigenvalue weighted by Gasteiger charge is -2.33. The molecule has 0 saturated carbocycles. The van der Waals surface area contributed by atoms with Crippen LogP contribution in [0.3, 0.4) is 0 Å². The standard InChI is InChI=1S/C22H18N2O5S/c1-2-27-21(26)18-19(13-6-4-3-5-7-13)23-22-24(17(25)11-30-22)20(18)14-8-9-15-16(10-14)29-12-28-15/h3-10,20H,2,11-12H2,1H3/t20-/m0/s1. The summed E-state index contributed by atoms with van der Waals surface area (Å²) in [5.74, 6) is 0.899. The summed E-state index contributed by atoms with van der Waals surface area (Å²) in [5.41, 5.74) is 2.38. The van der Waals surface area contributed by atoms with Crippen molar-refractivity contribution < 1.29 is 23.8 Å². The Labute approximate surface area is 177 Å². The van der Waals surface area contributed by atoms with Crippen molar-refractivity contribution in [2.24, 2.45) is 4.99 Å². The van der Waals surface area contributed by atoms with Crippen LogP contribution in [0, 0.1) is 0 Å². The number of rotatable bonds is 4. The van der Waals surface area contributed by atoms with E-state index in [4.69, 9.17) is 19.2 Å². The van der Waals surface area contributed by atoms with Crippen LogP contribution < -0.4 is 9.47 Å². The number of amides is 1. The second-order valence-electron chi connectivity index (χ2n) is 6.81. The molecule has 0 spiro atoms. The normalized spacial score (nSPS) is 19.6. The smallest absolute Gasteiger partial charge is 0.338 e. The molecule has 0 aromatic heterocycles. The number of nitrogens with zero attached hydrogens (tertiary/aromatic N) is 2. The van der Waals surface area contributed by atoms with Gasteiger partial charge in [0.2, 0.25) is 12.7 Å². The molecule has 7 nitrogen and oxygen atoms in total. The molecule has 0 N–H and O–H groups in total. The Hall–Kier alpha value is -3.26. The molecule has 3 aliphatic rings. The molecule has 2 aromatic carbocycles. The fourth-order valence-electron chi connectivity index (χ4n) is 3.76. The van der Waals surface area contributed by atoms with Gasteiger partial charge in [0, 0.05) is 5.56 Å². The van der Waals surface area contributed by atoms with Gasteiger partial charge in [0.15, 0.2) is 16.7 Å². The number of ether oxygens (including phenoxy) is 3. The minimum Gasteiger partial charge on any atom is -0.463 e. The van der Waals surface area contributed by atoms with Gasteiger partial charge in [-0.3, -0.25) is 9.69 Å². The van der Waals surface area contributed by atoms with E-state index in [0.29, 0.717) is 27.9 Å². The van der Waals surface area contributed by atoms with E-state index < -0.39 is 12.0 Å². The number of amidine groups is 1. The van der Waals surface area contributed by atoms with Crippen LogP contribution in [0.1, 0.15) is 24.1 Å². The van der Waals surface area contributed by atoms with Gasteiger partial charge in [-0.25, -0.2) is 9.79 Å². The first kappa shape index (κ1) is 18.7. The van der Waals surface area contributed by atoms with Crippen LogP contribution in [0.25, 0.3) is 5.70 Å². The topological polar surface area (TPSA) is 77.4 Å². The number of thioether (sulfide) groups is 1. The van der Waals surface area contributed by atoms with E-state index >= 15 is 0 Å². The summed E-state index contributed by atoms with van der Waals surface area (Å²) in [5, 5.41) is 0.578. The van der Waals surface area contributed by atoms with Gasteiger partial charge < -0.3 is 14.2 Å². The Morgan fingerprint density at radius 1 is 1.20 bits per heavy atom. The molecule has 5 rings (SSSR count). The number of hydrogen-bond acceptors (Lipinski definition) is 7. The molecule has 30 heavy (non-hydrogen) atoms. The van der Waals surface area contributed by atoms with Crippen molar-refractivity contribution in [2.45, 2.75) is 13.0 Å². The maximum atomic E-state index is 13.1. The zero-order chi connectivity index (χ0) is 20.7. The predicted molar refractivity (Wildman–Crippen MR) is 112 cm³/mol. The Morgan fingerprint density at radius 2 is 2.00 bits per heavy atom. The first-order valence-corrected chi connectivity index (χ1v) is 10.6. The molecule has 0 radical (unpaired) electrons. The summed E-state index contributed by atoms with van der Waals surface area (Å²) >= 11 is 1.37.